The van der Waals surface area contributed by atoms with Crippen LogP contribution in [0.5, 0.6) is 5.75 Å². The van der Waals surface area contributed by atoms with Gasteiger partial charge in [-0.3, -0.25) is 9.59 Å². The molecular formula is C19H23N3O3. The van der Waals surface area contributed by atoms with E-state index in [4.69, 9.17) is 0 Å². The second-order valence-electron chi connectivity index (χ2n) is 6.76. The summed E-state index contributed by atoms with van der Waals surface area (Å²) in [6, 6.07) is 10.4. The van der Waals surface area contributed by atoms with Gasteiger partial charge in [-0.2, -0.15) is 0 Å². The van der Waals surface area contributed by atoms with Gasteiger partial charge in [0.15, 0.2) is 0 Å². The van der Waals surface area contributed by atoms with Crippen LogP contribution in [0.25, 0.3) is 0 Å². The van der Waals surface area contributed by atoms with E-state index in [1.165, 1.54) is 10.6 Å². The Bertz CT molecular complexity index is 859. The van der Waals surface area contributed by atoms with Crippen LogP contribution in [0, 0.1) is 12.8 Å². The summed E-state index contributed by atoms with van der Waals surface area (Å²) in [6.07, 6.45) is 0. The molecule has 25 heavy (non-hydrogen) atoms. The minimum Gasteiger partial charge on any atom is -0.508 e. The van der Waals surface area contributed by atoms with Gasteiger partial charge in [-0.15, -0.1) is 0 Å². The number of carbonyl (C=O) groups is 1. The molecule has 0 saturated carbocycles. The molecule has 3 rings (SSSR count). The highest BCUT2D eigenvalue weighted by atomic mass is 16.3. The lowest BCUT2D eigenvalue weighted by Crippen LogP contribution is -2.39. The standard InChI is InChI=1S/C19H23N3O3/c1-13-10-20(3)16-6-4-5-7-17(16)22(11-13)19(25)12-21-14(2)8-15(23)9-18(21)24/h4-9,13,23H,10-12H2,1-3H3/t13-/m1/s1. The van der Waals surface area contributed by atoms with Crippen molar-refractivity contribution in [2.45, 2.75) is 20.4 Å². The maximum atomic E-state index is 13.0. The van der Waals surface area contributed by atoms with Crippen LogP contribution in [0.4, 0.5) is 11.4 Å². The molecule has 1 aliphatic heterocycles. The normalized spacial score (nSPS) is 17.2. The van der Waals surface area contributed by atoms with Crippen molar-refractivity contribution in [3.8, 4) is 5.75 Å². The van der Waals surface area contributed by atoms with Crippen LogP contribution in [-0.4, -0.2) is 35.7 Å². The lowest BCUT2D eigenvalue weighted by molar-refractivity contribution is -0.119. The highest BCUT2D eigenvalue weighted by molar-refractivity contribution is 5.97. The molecule has 0 radical (unpaired) electrons. The van der Waals surface area contributed by atoms with E-state index in [0.29, 0.717) is 18.2 Å². The van der Waals surface area contributed by atoms with E-state index in [2.05, 4.69) is 11.8 Å². The number of pyridine rings is 1. The Morgan fingerprint density at radius 3 is 2.56 bits per heavy atom. The molecule has 2 aromatic rings. The Morgan fingerprint density at radius 2 is 1.88 bits per heavy atom. The van der Waals surface area contributed by atoms with Crippen molar-refractivity contribution in [3.63, 3.8) is 0 Å². The summed E-state index contributed by atoms with van der Waals surface area (Å²) >= 11 is 0. The molecule has 0 fully saturated rings. The second kappa shape index (κ2) is 6.63. The summed E-state index contributed by atoms with van der Waals surface area (Å²) < 4.78 is 1.39. The molecule has 1 amide bonds. The monoisotopic (exact) mass is 341 g/mol. The minimum absolute atomic E-state index is 0.0459. The number of aryl methyl sites for hydroxylation is 1. The maximum absolute atomic E-state index is 13.0. The molecule has 1 aromatic carbocycles. The first-order valence-electron chi connectivity index (χ1n) is 8.38. The van der Waals surface area contributed by atoms with Crippen LogP contribution < -0.4 is 15.4 Å². The van der Waals surface area contributed by atoms with Crippen LogP contribution in [0.1, 0.15) is 12.6 Å². The van der Waals surface area contributed by atoms with Crippen molar-refractivity contribution >= 4 is 17.3 Å². The van der Waals surface area contributed by atoms with Crippen molar-refractivity contribution in [2.75, 3.05) is 29.9 Å². The molecule has 0 bridgehead atoms. The highest BCUT2D eigenvalue weighted by Crippen LogP contribution is 2.32. The van der Waals surface area contributed by atoms with Crippen molar-refractivity contribution in [2.24, 2.45) is 5.92 Å². The zero-order chi connectivity index (χ0) is 18.1. The first-order chi connectivity index (χ1) is 11.9. The number of rotatable bonds is 2. The summed E-state index contributed by atoms with van der Waals surface area (Å²) in [5.74, 6) is 0.0889. The van der Waals surface area contributed by atoms with Crippen LogP contribution in [0.3, 0.4) is 0 Å². The first-order valence-corrected chi connectivity index (χ1v) is 8.38. The SMILES string of the molecule is Cc1cc(O)cc(=O)n1CC(=O)N1C[C@H](C)CN(C)c2ccccc21. The van der Waals surface area contributed by atoms with Crippen LogP contribution >= 0.6 is 0 Å². The van der Waals surface area contributed by atoms with Gasteiger partial charge in [-0.05, 0) is 31.0 Å². The molecule has 1 aromatic heterocycles. The number of hydrogen-bond donors (Lipinski definition) is 1. The van der Waals surface area contributed by atoms with Gasteiger partial charge in [0.25, 0.3) is 5.56 Å². The molecular weight excluding hydrogens is 318 g/mol. The maximum Gasteiger partial charge on any atom is 0.254 e. The van der Waals surface area contributed by atoms with Gasteiger partial charge in [0.2, 0.25) is 5.91 Å². The zero-order valence-electron chi connectivity index (χ0n) is 14.8. The number of nitrogens with zero attached hydrogens (tertiary/aromatic N) is 3. The van der Waals surface area contributed by atoms with Gasteiger partial charge in [-0.25, -0.2) is 0 Å². The molecule has 132 valence electrons. The molecule has 6 heteroatoms. The molecule has 0 unspecified atom stereocenters. The largest absolute Gasteiger partial charge is 0.508 e. The highest BCUT2D eigenvalue weighted by Gasteiger charge is 2.26. The average Bonchev–Trinajstić information content (AvgIpc) is 2.67. The fraction of sp³-hybridized carbons (Fsp3) is 0.368. The number of anilines is 2. The number of aromatic nitrogens is 1. The van der Waals surface area contributed by atoms with E-state index in [9.17, 15) is 14.7 Å². The van der Waals surface area contributed by atoms with Crippen molar-refractivity contribution in [3.05, 3.63) is 52.4 Å². The van der Waals surface area contributed by atoms with Crippen LogP contribution in [0.2, 0.25) is 0 Å². The Balaban J connectivity index is 1.96. The minimum atomic E-state index is -0.376. The third kappa shape index (κ3) is 3.38. The third-order valence-corrected chi connectivity index (χ3v) is 4.58. The number of aromatic hydroxyl groups is 1. The van der Waals surface area contributed by atoms with E-state index >= 15 is 0 Å². The number of amides is 1. The van der Waals surface area contributed by atoms with Gasteiger partial charge in [0.05, 0.1) is 11.4 Å². The quantitative estimate of drug-likeness (QED) is 0.907. The first kappa shape index (κ1) is 17.1. The second-order valence-corrected chi connectivity index (χ2v) is 6.76. The smallest absolute Gasteiger partial charge is 0.254 e. The number of para-hydroxylation sites is 2. The zero-order valence-corrected chi connectivity index (χ0v) is 14.8. The summed E-state index contributed by atoms with van der Waals surface area (Å²) in [7, 11) is 2.03. The van der Waals surface area contributed by atoms with Crippen molar-refractivity contribution in [1.82, 2.24) is 4.57 Å². The summed E-state index contributed by atoms with van der Waals surface area (Å²) in [5.41, 5.74) is 2.06. The molecule has 1 N–H and O–H groups in total. The number of benzene rings is 1. The lowest BCUT2D eigenvalue weighted by atomic mass is 10.1. The Morgan fingerprint density at radius 1 is 1.20 bits per heavy atom. The van der Waals surface area contributed by atoms with Gasteiger partial charge < -0.3 is 19.5 Å². The van der Waals surface area contributed by atoms with E-state index in [1.807, 2.05) is 31.3 Å². The molecule has 2 heterocycles. The molecule has 0 saturated heterocycles. The Kier molecular flexibility index (Phi) is 4.53. The van der Waals surface area contributed by atoms with Gasteiger partial charge in [-0.1, -0.05) is 19.1 Å². The number of carbonyl (C=O) groups excluding carboxylic acids is 1. The number of hydrogen-bond acceptors (Lipinski definition) is 4. The van der Waals surface area contributed by atoms with E-state index in [1.54, 1.807) is 11.8 Å². The molecule has 6 nitrogen and oxygen atoms in total. The van der Waals surface area contributed by atoms with Gasteiger partial charge in [0, 0.05) is 31.9 Å². The molecule has 1 atom stereocenters. The van der Waals surface area contributed by atoms with Crippen LogP contribution in [0.15, 0.2) is 41.2 Å². The Hall–Kier alpha value is -2.76. The summed E-state index contributed by atoms with van der Waals surface area (Å²) in [4.78, 5) is 29.1. The van der Waals surface area contributed by atoms with E-state index in [-0.39, 0.29) is 23.8 Å². The fourth-order valence-corrected chi connectivity index (χ4v) is 3.42. The third-order valence-electron chi connectivity index (χ3n) is 4.58. The van der Waals surface area contributed by atoms with Crippen molar-refractivity contribution < 1.29 is 9.90 Å². The molecule has 0 spiro atoms. The van der Waals surface area contributed by atoms with Crippen molar-refractivity contribution in [1.29, 1.82) is 0 Å². The predicted molar refractivity (Wildman–Crippen MR) is 98.3 cm³/mol. The predicted octanol–water partition coefficient (Wildman–Crippen LogP) is 1.98. The average molecular weight is 341 g/mol. The summed E-state index contributed by atoms with van der Waals surface area (Å²) in [6.45, 7) is 5.24. The number of fused-ring (bicyclic) bond motifs is 1. The topological polar surface area (TPSA) is 65.8 Å². The fourth-order valence-electron chi connectivity index (χ4n) is 3.42. The van der Waals surface area contributed by atoms with E-state index < -0.39 is 0 Å². The Labute approximate surface area is 146 Å². The van der Waals surface area contributed by atoms with Gasteiger partial charge in [0.1, 0.15) is 12.3 Å². The molecule has 0 aliphatic carbocycles. The molecule has 1 aliphatic rings. The van der Waals surface area contributed by atoms with Crippen LogP contribution in [-0.2, 0) is 11.3 Å². The summed E-state index contributed by atoms with van der Waals surface area (Å²) in [5, 5.41) is 9.52. The van der Waals surface area contributed by atoms with Gasteiger partial charge >= 0.3 is 0 Å². The van der Waals surface area contributed by atoms with E-state index in [0.717, 1.165) is 24.0 Å². The lowest BCUT2D eigenvalue weighted by Gasteiger charge is -2.25.